The van der Waals surface area contributed by atoms with E-state index in [4.69, 9.17) is 4.74 Å². The lowest BCUT2D eigenvalue weighted by molar-refractivity contribution is 0.110. The van der Waals surface area contributed by atoms with Crippen molar-refractivity contribution in [2.24, 2.45) is 0 Å². The number of hydrogen-bond acceptors (Lipinski definition) is 2. The predicted octanol–water partition coefficient (Wildman–Crippen LogP) is 3.07. The molecule has 1 aliphatic heterocycles. The van der Waals surface area contributed by atoms with Crippen molar-refractivity contribution in [2.75, 3.05) is 19.7 Å². The summed E-state index contributed by atoms with van der Waals surface area (Å²) >= 11 is 0. The summed E-state index contributed by atoms with van der Waals surface area (Å²) in [6.45, 7) is 12.7. The Labute approximate surface area is 103 Å². The first-order valence-corrected chi connectivity index (χ1v) is 5.69. The molecule has 1 heterocycles. The van der Waals surface area contributed by atoms with E-state index < -0.39 is 0 Å². The van der Waals surface area contributed by atoms with Crippen molar-refractivity contribution in [3.05, 3.63) is 49.1 Å². The van der Waals surface area contributed by atoms with Gasteiger partial charge in [-0.3, -0.25) is 0 Å². The maximum absolute atomic E-state index is 11.7. The van der Waals surface area contributed by atoms with Gasteiger partial charge in [-0.1, -0.05) is 43.5 Å². The minimum atomic E-state index is -0.289. The average Bonchev–Trinajstić information content (AvgIpc) is 2.34. The monoisotopic (exact) mass is 233 g/mol. The van der Waals surface area contributed by atoms with Gasteiger partial charge in [0.2, 0.25) is 0 Å². The molecule has 1 rings (SSSR count). The van der Waals surface area contributed by atoms with E-state index in [0.29, 0.717) is 6.54 Å². The highest BCUT2D eigenvalue weighted by Crippen LogP contribution is 2.14. The van der Waals surface area contributed by atoms with Gasteiger partial charge in [-0.05, 0) is 18.4 Å². The van der Waals surface area contributed by atoms with Crippen LogP contribution in [0.2, 0.25) is 0 Å². The third kappa shape index (κ3) is 4.31. The number of carbonyl (C=O) groups is 1. The molecule has 0 unspecified atom stereocenters. The standard InChI is InChI=1S/C14H19NO2/c1-4-7-13(5-2)11-17-14(16)15-9-6-8-12(3)10-15/h4-5,7H,1-3,6,8-11H2/b13-7+. The van der Waals surface area contributed by atoms with E-state index in [0.717, 1.165) is 30.5 Å². The molecule has 0 aromatic rings. The Hall–Kier alpha value is -1.77. The molecule has 1 fully saturated rings. The Morgan fingerprint density at radius 1 is 1.47 bits per heavy atom. The summed E-state index contributed by atoms with van der Waals surface area (Å²) in [4.78, 5) is 13.4. The quantitative estimate of drug-likeness (QED) is 0.551. The zero-order valence-electron chi connectivity index (χ0n) is 10.2. The summed E-state index contributed by atoms with van der Waals surface area (Å²) in [5.74, 6) is 0. The summed E-state index contributed by atoms with van der Waals surface area (Å²) < 4.78 is 5.19. The Balaban J connectivity index is 2.43. The summed E-state index contributed by atoms with van der Waals surface area (Å²) in [5, 5.41) is 0. The molecule has 0 spiro atoms. The Morgan fingerprint density at radius 3 is 2.82 bits per heavy atom. The van der Waals surface area contributed by atoms with Crippen LogP contribution < -0.4 is 0 Å². The molecule has 1 amide bonds. The van der Waals surface area contributed by atoms with Gasteiger partial charge in [0, 0.05) is 13.1 Å². The topological polar surface area (TPSA) is 29.5 Å². The molecule has 0 saturated carbocycles. The number of piperidine rings is 1. The summed E-state index contributed by atoms with van der Waals surface area (Å²) in [5.41, 5.74) is 1.92. The second-order valence-corrected chi connectivity index (χ2v) is 4.01. The van der Waals surface area contributed by atoms with Crippen molar-refractivity contribution >= 4 is 6.09 Å². The van der Waals surface area contributed by atoms with Crippen LogP contribution in [-0.2, 0) is 4.74 Å². The van der Waals surface area contributed by atoms with Gasteiger partial charge >= 0.3 is 6.09 Å². The molecule has 3 nitrogen and oxygen atoms in total. The Kier molecular flexibility index (Phi) is 5.27. The van der Waals surface area contributed by atoms with E-state index >= 15 is 0 Å². The number of likely N-dealkylation sites (tertiary alicyclic amines) is 1. The van der Waals surface area contributed by atoms with Crippen molar-refractivity contribution in [3.8, 4) is 0 Å². The second kappa shape index (κ2) is 6.74. The van der Waals surface area contributed by atoms with Crippen molar-refractivity contribution < 1.29 is 9.53 Å². The normalized spacial score (nSPS) is 16.6. The highest BCUT2D eigenvalue weighted by molar-refractivity contribution is 5.68. The van der Waals surface area contributed by atoms with Crippen molar-refractivity contribution in [3.63, 3.8) is 0 Å². The van der Waals surface area contributed by atoms with Gasteiger partial charge in [0.1, 0.15) is 6.61 Å². The molecule has 0 bridgehead atoms. The lowest BCUT2D eigenvalue weighted by atomic mass is 10.1. The van der Waals surface area contributed by atoms with E-state index in [2.05, 4.69) is 19.7 Å². The van der Waals surface area contributed by atoms with Crippen LogP contribution in [0.25, 0.3) is 0 Å². The van der Waals surface area contributed by atoms with Gasteiger partial charge < -0.3 is 9.64 Å². The molecular formula is C14H19NO2. The Bertz CT molecular complexity index is 355. The molecule has 0 radical (unpaired) electrons. The number of amides is 1. The first-order valence-electron chi connectivity index (χ1n) is 5.69. The highest BCUT2D eigenvalue weighted by Gasteiger charge is 2.19. The van der Waals surface area contributed by atoms with Gasteiger partial charge in [-0.2, -0.15) is 0 Å². The number of ether oxygens (including phenoxy) is 1. The van der Waals surface area contributed by atoms with Crippen LogP contribution in [-0.4, -0.2) is 30.7 Å². The smallest absolute Gasteiger partial charge is 0.410 e. The van der Waals surface area contributed by atoms with Crippen molar-refractivity contribution in [2.45, 2.75) is 12.8 Å². The van der Waals surface area contributed by atoms with Crippen LogP contribution in [0.15, 0.2) is 49.1 Å². The van der Waals surface area contributed by atoms with E-state index in [1.807, 2.05) is 0 Å². The van der Waals surface area contributed by atoms with Crippen molar-refractivity contribution in [1.29, 1.82) is 0 Å². The summed E-state index contributed by atoms with van der Waals surface area (Å²) in [6.07, 6.45) is 6.75. The maximum atomic E-state index is 11.7. The van der Waals surface area contributed by atoms with Crippen LogP contribution >= 0.6 is 0 Å². The zero-order valence-corrected chi connectivity index (χ0v) is 10.2. The van der Waals surface area contributed by atoms with E-state index in [9.17, 15) is 4.79 Å². The average molecular weight is 233 g/mol. The third-order valence-corrected chi connectivity index (χ3v) is 2.59. The van der Waals surface area contributed by atoms with Crippen LogP contribution in [0, 0.1) is 0 Å². The first kappa shape index (κ1) is 13.3. The van der Waals surface area contributed by atoms with Gasteiger partial charge in [-0.25, -0.2) is 4.79 Å². The number of allylic oxidation sites excluding steroid dienone is 2. The first-order chi connectivity index (χ1) is 8.17. The summed E-state index contributed by atoms with van der Waals surface area (Å²) in [6, 6.07) is 0. The van der Waals surface area contributed by atoms with Crippen LogP contribution in [0.3, 0.4) is 0 Å². The van der Waals surface area contributed by atoms with Gasteiger partial charge in [0.15, 0.2) is 0 Å². The molecule has 0 aromatic heterocycles. The van der Waals surface area contributed by atoms with E-state index in [1.54, 1.807) is 23.1 Å². The number of nitrogens with zero attached hydrogens (tertiary/aromatic N) is 1. The van der Waals surface area contributed by atoms with E-state index in [1.165, 1.54) is 0 Å². The van der Waals surface area contributed by atoms with Gasteiger partial charge in [0.25, 0.3) is 0 Å². The number of carbonyl (C=O) groups excluding carboxylic acids is 1. The minimum absolute atomic E-state index is 0.233. The SMILES string of the molecule is C=C/C=C(\C=C)COC(=O)N1CCCC(=C)C1. The fourth-order valence-corrected chi connectivity index (χ4v) is 1.67. The second-order valence-electron chi connectivity index (χ2n) is 4.01. The molecule has 1 saturated heterocycles. The van der Waals surface area contributed by atoms with Gasteiger partial charge in [-0.15, -0.1) is 0 Å². The fourth-order valence-electron chi connectivity index (χ4n) is 1.67. The fraction of sp³-hybridized carbons (Fsp3) is 0.357. The van der Waals surface area contributed by atoms with Crippen LogP contribution in [0.5, 0.6) is 0 Å². The number of hydrogen-bond donors (Lipinski definition) is 0. The molecule has 92 valence electrons. The third-order valence-electron chi connectivity index (χ3n) is 2.59. The zero-order chi connectivity index (χ0) is 12.7. The lowest BCUT2D eigenvalue weighted by Crippen LogP contribution is -2.37. The summed E-state index contributed by atoms with van der Waals surface area (Å²) in [7, 11) is 0. The van der Waals surface area contributed by atoms with E-state index in [-0.39, 0.29) is 12.7 Å². The molecule has 0 aliphatic carbocycles. The number of rotatable bonds is 4. The largest absolute Gasteiger partial charge is 0.445 e. The predicted molar refractivity (Wildman–Crippen MR) is 69.8 cm³/mol. The molecule has 17 heavy (non-hydrogen) atoms. The van der Waals surface area contributed by atoms with Crippen LogP contribution in [0.4, 0.5) is 4.79 Å². The molecule has 1 aliphatic rings. The van der Waals surface area contributed by atoms with Crippen molar-refractivity contribution in [1.82, 2.24) is 4.90 Å². The maximum Gasteiger partial charge on any atom is 0.410 e. The highest BCUT2D eigenvalue weighted by atomic mass is 16.6. The van der Waals surface area contributed by atoms with Gasteiger partial charge in [0.05, 0.1) is 0 Å². The minimum Gasteiger partial charge on any atom is -0.445 e. The molecular weight excluding hydrogens is 214 g/mol. The molecule has 0 N–H and O–H groups in total. The Morgan fingerprint density at radius 2 is 2.24 bits per heavy atom. The molecule has 3 heteroatoms. The molecule has 0 aromatic carbocycles. The molecule has 0 atom stereocenters. The lowest BCUT2D eigenvalue weighted by Gasteiger charge is -2.27. The van der Waals surface area contributed by atoms with Crippen LogP contribution in [0.1, 0.15) is 12.8 Å².